The number of hydrogen-bond donors (Lipinski definition) is 1. The van der Waals surface area contributed by atoms with Crippen molar-refractivity contribution in [3.8, 4) is 17.1 Å². The van der Waals surface area contributed by atoms with Crippen molar-refractivity contribution >= 4 is 33.4 Å². The molecule has 0 saturated carbocycles. The molecule has 1 aliphatic heterocycles. The van der Waals surface area contributed by atoms with Crippen LogP contribution in [0.5, 0.6) is 5.88 Å². The first-order valence-electron chi connectivity index (χ1n) is 9.26. The van der Waals surface area contributed by atoms with E-state index in [0.29, 0.717) is 16.7 Å². The van der Waals surface area contributed by atoms with E-state index in [4.69, 9.17) is 4.74 Å². The molecule has 0 fully saturated rings. The number of halogens is 1. The van der Waals surface area contributed by atoms with E-state index < -0.39 is 6.23 Å². The van der Waals surface area contributed by atoms with Gasteiger partial charge < -0.3 is 10.1 Å². The van der Waals surface area contributed by atoms with Gasteiger partial charge in [-0.2, -0.15) is 4.98 Å². The minimum Gasteiger partial charge on any atom is -0.446 e. The Bertz CT molecular complexity index is 957. The Morgan fingerprint density at radius 3 is 2.93 bits per heavy atom. The molecule has 0 radical (unpaired) electrons. The van der Waals surface area contributed by atoms with Gasteiger partial charge in [-0.1, -0.05) is 53.5 Å². The molecule has 3 heterocycles. The zero-order valence-corrected chi connectivity index (χ0v) is 17.8. The zero-order valence-electron chi connectivity index (χ0n) is 15.4. The van der Waals surface area contributed by atoms with Crippen LogP contribution in [-0.4, -0.2) is 25.9 Å². The first kappa shape index (κ1) is 19.1. The maximum absolute atomic E-state index is 6.22. The fourth-order valence-electron chi connectivity index (χ4n) is 2.91. The van der Waals surface area contributed by atoms with E-state index in [1.807, 2.05) is 36.4 Å². The summed E-state index contributed by atoms with van der Waals surface area (Å²) in [5, 5.41) is 12.8. The summed E-state index contributed by atoms with van der Waals surface area (Å²) >= 11 is 5.15. The van der Waals surface area contributed by atoms with E-state index in [1.54, 1.807) is 18.0 Å². The molecule has 0 saturated heterocycles. The van der Waals surface area contributed by atoms with Gasteiger partial charge in [-0.25, -0.2) is 0 Å². The molecule has 0 bridgehead atoms. The average molecular weight is 458 g/mol. The smallest absolute Gasteiger partial charge is 0.247 e. The lowest BCUT2D eigenvalue weighted by atomic mass is 10.1. The van der Waals surface area contributed by atoms with E-state index >= 15 is 0 Å². The molecule has 0 amide bonds. The molecule has 1 aromatic carbocycles. The number of aromatic nitrogens is 4. The second kappa shape index (κ2) is 8.87. The van der Waals surface area contributed by atoms with Crippen molar-refractivity contribution in [2.24, 2.45) is 0 Å². The minimum absolute atomic E-state index is 0.461. The third-order valence-corrected chi connectivity index (χ3v) is 5.74. The number of fused-ring (bicyclic) bond motifs is 3. The molecule has 3 aromatic rings. The highest BCUT2D eigenvalue weighted by atomic mass is 79.9. The van der Waals surface area contributed by atoms with E-state index in [-0.39, 0.29) is 0 Å². The molecule has 1 atom stereocenters. The van der Waals surface area contributed by atoms with Crippen LogP contribution < -0.4 is 10.1 Å². The van der Waals surface area contributed by atoms with Gasteiger partial charge in [0.25, 0.3) is 0 Å². The van der Waals surface area contributed by atoms with E-state index in [2.05, 4.69) is 48.3 Å². The Morgan fingerprint density at radius 1 is 1.18 bits per heavy atom. The van der Waals surface area contributed by atoms with Crippen LogP contribution in [0.2, 0.25) is 0 Å². The number of benzene rings is 1. The summed E-state index contributed by atoms with van der Waals surface area (Å²) < 4.78 is 7.17. The highest BCUT2D eigenvalue weighted by Gasteiger charge is 2.27. The van der Waals surface area contributed by atoms with Gasteiger partial charge in [0.15, 0.2) is 5.69 Å². The summed E-state index contributed by atoms with van der Waals surface area (Å²) in [4.78, 5) is 9.09. The van der Waals surface area contributed by atoms with Gasteiger partial charge in [0, 0.05) is 27.7 Å². The van der Waals surface area contributed by atoms with E-state index in [1.165, 1.54) is 12.8 Å². The van der Waals surface area contributed by atoms with Crippen LogP contribution in [0.4, 0.5) is 5.69 Å². The maximum Gasteiger partial charge on any atom is 0.247 e. The molecule has 0 aliphatic carbocycles. The molecule has 8 heteroatoms. The van der Waals surface area contributed by atoms with Crippen LogP contribution in [0.25, 0.3) is 11.3 Å². The highest BCUT2D eigenvalue weighted by Crippen LogP contribution is 2.40. The normalized spacial score (nSPS) is 15.0. The molecule has 6 nitrogen and oxygen atoms in total. The first-order chi connectivity index (χ1) is 13.7. The fourth-order valence-corrected chi connectivity index (χ4v) is 4.05. The second-order valence-corrected chi connectivity index (χ2v) is 8.37. The van der Waals surface area contributed by atoms with Crippen molar-refractivity contribution in [1.29, 1.82) is 0 Å². The number of pyridine rings is 1. The van der Waals surface area contributed by atoms with Crippen molar-refractivity contribution in [3.05, 3.63) is 52.8 Å². The lowest BCUT2D eigenvalue weighted by Gasteiger charge is -2.18. The highest BCUT2D eigenvalue weighted by molar-refractivity contribution is 9.10. The molecule has 1 N–H and O–H groups in total. The number of ether oxygens (including phenoxy) is 1. The molecule has 1 aliphatic rings. The fraction of sp³-hybridized carbons (Fsp3) is 0.300. The Kier molecular flexibility index (Phi) is 6.07. The summed E-state index contributed by atoms with van der Waals surface area (Å²) in [5.41, 5.74) is 3.20. The summed E-state index contributed by atoms with van der Waals surface area (Å²) in [5.74, 6) is 1.44. The molecule has 144 valence electrons. The lowest BCUT2D eigenvalue weighted by Crippen LogP contribution is -2.18. The third-order valence-electron chi connectivity index (χ3n) is 4.32. The van der Waals surface area contributed by atoms with Crippen molar-refractivity contribution < 1.29 is 4.74 Å². The van der Waals surface area contributed by atoms with Crippen LogP contribution in [0.15, 0.2) is 52.2 Å². The predicted molar refractivity (Wildman–Crippen MR) is 114 cm³/mol. The number of anilines is 1. The van der Waals surface area contributed by atoms with Gasteiger partial charge in [0.1, 0.15) is 5.69 Å². The number of nitrogens with one attached hydrogen (secondary N) is 1. The molecular formula is C20H20BrN5OS. The predicted octanol–water partition coefficient (Wildman–Crippen LogP) is 5.48. The molecule has 28 heavy (non-hydrogen) atoms. The number of nitrogens with zero attached hydrogens (tertiary/aromatic N) is 4. The van der Waals surface area contributed by atoms with Gasteiger partial charge in [-0.3, -0.25) is 4.98 Å². The molecule has 4 rings (SSSR count). The quantitative estimate of drug-likeness (QED) is 0.387. The SMILES string of the molecule is CCCCCSc1nnc2c(n1)O[C@H](c1ccccn1)Nc1ccc(Br)cc1-2. The van der Waals surface area contributed by atoms with Crippen molar-refractivity contribution in [2.75, 3.05) is 11.1 Å². The Balaban J connectivity index is 1.71. The third kappa shape index (κ3) is 4.28. The van der Waals surface area contributed by atoms with Crippen LogP contribution >= 0.6 is 27.7 Å². The van der Waals surface area contributed by atoms with Gasteiger partial charge in [0.2, 0.25) is 17.3 Å². The van der Waals surface area contributed by atoms with E-state index in [0.717, 1.165) is 33.6 Å². The zero-order chi connectivity index (χ0) is 19.3. The second-order valence-electron chi connectivity index (χ2n) is 6.39. The summed E-state index contributed by atoms with van der Waals surface area (Å²) in [7, 11) is 0. The molecule has 2 aromatic heterocycles. The van der Waals surface area contributed by atoms with Crippen molar-refractivity contribution in [3.63, 3.8) is 0 Å². The Hall–Kier alpha value is -2.19. The van der Waals surface area contributed by atoms with Gasteiger partial charge in [-0.15, -0.1) is 10.2 Å². The average Bonchev–Trinajstić information content (AvgIpc) is 2.88. The molecule has 0 spiro atoms. The van der Waals surface area contributed by atoms with Gasteiger partial charge in [0.05, 0.1) is 0 Å². The summed E-state index contributed by atoms with van der Waals surface area (Å²) in [6.07, 6.45) is 4.82. The van der Waals surface area contributed by atoms with Crippen LogP contribution in [-0.2, 0) is 0 Å². The van der Waals surface area contributed by atoms with Crippen molar-refractivity contribution in [1.82, 2.24) is 20.2 Å². The number of rotatable bonds is 6. The Morgan fingerprint density at radius 2 is 2.11 bits per heavy atom. The number of thioether (sulfide) groups is 1. The monoisotopic (exact) mass is 457 g/mol. The summed E-state index contributed by atoms with van der Waals surface area (Å²) in [6, 6.07) is 11.7. The number of hydrogen-bond acceptors (Lipinski definition) is 7. The van der Waals surface area contributed by atoms with Crippen LogP contribution in [0.1, 0.15) is 38.1 Å². The van der Waals surface area contributed by atoms with E-state index in [9.17, 15) is 0 Å². The first-order valence-corrected chi connectivity index (χ1v) is 11.0. The number of unbranched alkanes of at least 4 members (excludes halogenated alkanes) is 2. The largest absolute Gasteiger partial charge is 0.446 e. The van der Waals surface area contributed by atoms with Gasteiger partial charge >= 0.3 is 0 Å². The lowest BCUT2D eigenvalue weighted by molar-refractivity contribution is 0.220. The summed E-state index contributed by atoms with van der Waals surface area (Å²) in [6.45, 7) is 2.19. The molecule has 0 unspecified atom stereocenters. The van der Waals surface area contributed by atoms with Crippen LogP contribution in [0, 0.1) is 0 Å². The maximum atomic E-state index is 6.22. The van der Waals surface area contributed by atoms with Gasteiger partial charge in [-0.05, 0) is 36.8 Å². The topological polar surface area (TPSA) is 72.8 Å². The van der Waals surface area contributed by atoms with Crippen LogP contribution in [0.3, 0.4) is 0 Å². The van der Waals surface area contributed by atoms with Crippen molar-refractivity contribution in [2.45, 2.75) is 37.6 Å². The molecular weight excluding hydrogens is 438 g/mol. The standard InChI is InChI=1S/C20H20BrN5OS/c1-2-3-6-11-28-20-24-19-17(25-26-20)14-12-13(21)8-9-15(14)23-18(27-19)16-7-4-5-10-22-16/h4-5,7-10,12,18,23H,2-3,6,11H2,1H3/t18-/m1/s1. The Labute approximate surface area is 176 Å². The minimum atomic E-state index is -0.461.